The van der Waals surface area contributed by atoms with Gasteiger partial charge in [0.15, 0.2) is 0 Å². The van der Waals surface area contributed by atoms with Gasteiger partial charge in [0.05, 0.1) is 11.9 Å². The zero-order valence-corrected chi connectivity index (χ0v) is 22.9. The summed E-state index contributed by atoms with van der Waals surface area (Å²) in [6.45, 7) is 9.21. The number of rotatable bonds is 11. The zero-order chi connectivity index (χ0) is 26.3. The van der Waals surface area contributed by atoms with E-state index >= 15 is 0 Å². The molecular weight excluding hydrogens is 486 g/mol. The molecule has 1 N–H and O–H groups in total. The van der Waals surface area contributed by atoms with Crippen LogP contribution in [-0.2, 0) is 26.2 Å². The van der Waals surface area contributed by atoms with Crippen LogP contribution in [0.4, 0.5) is 5.69 Å². The number of nitrogens with zero attached hydrogens (tertiary/aromatic N) is 2. The Morgan fingerprint density at radius 3 is 2.23 bits per heavy atom. The van der Waals surface area contributed by atoms with Crippen molar-refractivity contribution < 1.29 is 18.0 Å². The average molecular weight is 522 g/mol. The third-order valence-corrected chi connectivity index (χ3v) is 7.66. The summed E-state index contributed by atoms with van der Waals surface area (Å²) in [7, 11) is -3.81. The van der Waals surface area contributed by atoms with E-state index in [0.29, 0.717) is 17.1 Å². The molecule has 2 atom stereocenters. The number of amides is 2. The molecule has 0 saturated heterocycles. The molecule has 0 aliphatic heterocycles. The molecule has 192 valence electrons. The van der Waals surface area contributed by atoms with Gasteiger partial charge in [-0.1, -0.05) is 55.8 Å². The number of sulfonamides is 1. The van der Waals surface area contributed by atoms with Crippen molar-refractivity contribution >= 4 is 39.1 Å². The topological polar surface area (TPSA) is 86.8 Å². The highest BCUT2D eigenvalue weighted by molar-refractivity contribution is 7.92. The zero-order valence-electron chi connectivity index (χ0n) is 21.3. The monoisotopic (exact) mass is 521 g/mol. The molecule has 0 aliphatic carbocycles. The van der Waals surface area contributed by atoms with Crippen molar-refractivity contribution in [2.24, 2.45) is 0 Å². The maximum atomic E-state index is 13.7. The second-order valence-electron chi connectivity index (χ2n) is 8.89. The van der Waals surface area contributed by atoms with Crippen molar-refractivity contribution in [3.8, 4) is 0 Å². The van der Waals surface area contributed by atoms with E-state index < -0.39 is 28.5 Å². The lowest BCUT2D eigenvalue weighted by Gasteiger charge is -2.33. The molecule has 2 rings (SSSR count). The van der Waals surface area contributed by atoms with Crippen molar-refractivity contribution in [2.45, 2.75) is 66.1 Å². The molecule has 0 saturated carbocycles. The molecule has 0 aromatic heterocycles. The Bertz CT molecular complexity index is 1150. The smallest absolute Gasteiger partial charge is 0.244 e. The minimum atomic E-state index is -3.81. The van der Waals surface area contributed by atoms with Gasteiger partial charge in [0.2, 0.25) is 21.8 Å². The summed E-state index contributed by atoms with van der Waals surface area (Å²) in [6.07, 6.45) is 2.19. The molecule has 0 aliphatic rings. The van der Waals surface area contributed by atoms with Crippen molar-refractivity contribution in [1.29, 1.82) is 0 Å². The molecule has 0 radical (unpaired) electrons. The van der Waals surface area contributed by atoms with Gasteiger partial charge in [0.25, 0.3) is 0 Å². The number of nitrogens with one attached hydrogen (secondary N) is 1. The lowest BCUT2D eigenvalue weighted by atomic mass is 10.1. The van der Waals surface area contributed by atoms with Crippen LogP contribution in [0.25, 0.3) is 0 Å². The van der Waals surface area contributed by atoms with Crippen LogP contribution in [0.15, 0.2) is 42.5 Å². The van der Waals surface area contributed by atoms with Gasteiger partial charge in [0.1, 0.15) is 12.6 Å². The fraction of sp³-hybridized carbons (Fsp3) is 0.462. The van der Waals surface area contributed by atoms with E-state index in [1.54, 1.807) is 12.1 Å². The molecule has 0 spiro atoms. The maximum Gasteiger partial charge on any atom is 0.244 e. The molecule has 0 fully saturated rings. The second-order valence-corrected chi connectivity index (χ2v) is 11.2. The Balaban J connectivity index is 2.47. The SMILES string of the molecule is CC[C@H](C)NC(=O)[C@H](CC)N(Cc1ccccc1C)C(=O)CN(c1ccc(C)c(Cl)c1)S(C)(=O)=O. The van der Waals surface area contributed by atoms with Gasteiger partial charge in [-0.05, 0) is 62.4 Å². The van der Waals surface area contributed by atoms with E-state index in [2.05, 4.69) is 5.32 Å². The van der Waals surface area contributed by atoms with E-state index in [1.807, 2.05) is 58.9 Å². The van der Waals surface area contributed by atoms with E-state index in [0.717, 1.165) is 33.7 Å². The molecular formula is C26H36ClN3O4S. The first-order valence-electron chi connectivity index (χ1n) is 11.8. The Kier molecular flexibility index (Phi) is 10.2. The van der Waals surface area contributed by atoms with E-state index in [1.165, 1.54) is 11.0 Å². The Morgan fingerprint density at radius 2 is 1.69 bits per heavy atom. The molecule has 0 heterocycles. The second kappa shape index (κ2) is 12.4. The van der Waals surface area contributed by atoms with Crippen LogP contribution in [0.5, 0.6) is 0 Å². The van der Waals surface area contributed by atoms with Gasteiger partial charge < -0.3 is 10.2 Å². The van der Waals surface area contributed by atoms with Crippen LogP contribution in [0, 0.1) is 13.8 Å². The minimum Gasteiger partial charge on any atom is -0.352 e. The largest absolute Gasteiger partial charge is 0.352 e. The number of hydrogen-bond acceptors (Lipinski definition) is 4. The standard InChI is InChI=1S/C26H36ClN3O4S/c1-7-20(5)28-26(32)24(8-2)29(16-21-12-10-9-11-18(21)3)25(31)17-30(35(6,33)34)22-14-13-19(4)23(27)15-22/h9-15,20,24H,7-8,16-17H2,1-6H3,(H,28,32)/t20-,24-/m0/s1. The summed E-state index contributed by atoms with van der Waals surface area (Å²) in [5, 5.41) is 3.37. The number of benzene rings is 2. The highest BCUT2D eigenvalue weighted by Crippen LogP contribution is 2.25. The van der Waals surface area contributed by atoms with Gasteiger partial charge in [0, 0.05) is 17.6 Å². The summed E-state index contributed by atoms with van der Waals surface area (Å²) >= 11 is 6.24. The lowest BCUT2D eigenvalue weighted by Crippen LogP contribution is -2.53. The predicted molar refractivity (Wildman–Crippen MR) is 142 cm³/mol. The van der Waals surface area contributed by atoms with Gasteiger partial charge in [-0.2, -0.15) is 0 Å². The van der Waals surface area contributed by atoms with Crippen LogP contribution in [0.3, 0.4) is 0 Å². The first kappa shape index (κ1) is 28.7. The van der Waals surface area contributed by atoms with E-state index in [9.17, 15) is 18.0 Å². The molecule has 0 unspecified atom stereocenters. The van der Waals surface area contributed by atoms with E-state index in [4.69, 9.17) is 11.6 Å². The summed E-state index contributed by atoms with van der Waals surface area (Å²) in [6, 6.07) is 11.7. The third kappa shape index (κ3) is 7.70. The van der Waals surface area contributed by atoms with Crippen molar-refractivity contribution in [1.82, 2.24) is 10.2 Å². The molecule has 2 aromatic carbocycles. The summed E-state index contributed by atoms with van der Waals surface area (Å²) in [4.78, 5) is 28.3. The molecule has 0 bridgehead atoms. The average Bonchev–Trinajstić information content (AvgIpc) is 2.79. The summed E-state index contributed by atoms with van der Waals surface area (Å²) in [5.41, 5.74) is 2.96. The summed E-state index contributed by atoms with van der Waals surface area (Å²) < 4.78 is 26.4. The molecule has 9 heteroatoms. The van der Waals surface area contributed by atoms with Gasteiger partial charge in [-0.15, -0.1) is 0 Å². The maximum absolute atomic E-state index is 13.7. The van der Waals surface area contributed by atoms with Gasteiger partial charge in [-0.3, -0.25) is 13.9 Å². The minimum absolute atomic E-state index is 0.0471. The fourth-order valence-corrected chi connectivity index (χ4v) is 4.70. The normalized spacial score (nSPS) is 13.1. The van der Waals surface area contributed by atoms with Crippen LogP contribution < -0.4 is 9.62 Å². The third-order valence-electron chi connectivity index (χ3n) is 6.11. The Morgan fingerprint density at radius 1 is 1.03 bits per heavy atom. The number of carbonyl (C=O) groups excluding carboxylic acids is 2. The van der Waals surface area contributed by atoms with Crippen molar-refractivity contribution in [2.75, 3.05) is 17.1 Å². The number of carbonyl (C=O) groups is 2. The number of anilines is 1. The molecule has 2 aromatic rings. The Labute approximate surface area is 214 Å². The highest BCUT2D eigenvalue weighted by Gasteiger charge is 2.32. The predicted octanol–water partition coefficient (Wildman–Crippen LogP) is 4.44. The quantitative estimate of drug-likeness (QED) is 0.473. The van der Waals surface area contributed by atoms with E-state index in [-0.39, 0.29) is 18.5 Å². The lowest BCUT2D eigenvalue weighted by molar-refractivity contribution is -0.140. The molecule has 2 amide bonds. The van der Waals surface area contributed by atoms with Crippen LogP contribution in [-0.4, -0.2) is 50.0 Å². The van der Waals surface area contributed by atoms with Crippen molar-refractivity contribution in [3.63, 3.8) is 0 Å². The Hall–Kier alpha value is -2.58. The van der Waals surface area contributed by atoms with Crippen LogP contribution >= 0.6 is 11.6 Å². The first-order chi connectivity index (χ1) is 16.4. The number of hydrogen-bond donors (Lipinski definition) is 1. The van der Waals surface area contributed by atoms with Crippen molar-refractivity contribution in [3.05, 3.63) is 64.2 Å². The number of halogens is 1. The van der Waals surface area contributed by atoms with Crippen LogP contribution in [0.1, 0.15) is 50.3 Å². The number of aryl methyl sites for hydroxylation is 2. The van der Waals surface area contributed by atoms with Gasteiger partial charge in [-0.25, -0.2) is 8.42 Å². The molecule has 7 nitrogen and oxygen atoms in total. The fourth-order valence-electron chi connectivity index (χ4n) is 3.68. The van der Waals surface area contributed by atoms with Crippen LogP contribution in [0.2, 0.25) is 5.02 Å². The van der Waals surface area contributed by atoms with Gasteiger partial charge >= 0.3 is 0 Å². The summed E-state index contributed by atoms with van der Waals surface area (Å²) in [5.74, 6) is -0.727. The highest BCUT2D eigenvalue weighted by atomic mass is 35.5. The molecule has 35 heavy (non-hydrogen) atoms. The first-order valence-corrected chi connectivity index (χ1v) is 14.0.